The number of aryl methyl sites for hydroxylation is 1. The van der Waals surface area contributed by atoms with Gasteiger partial charge in [0.2, 0.25) is 0 Å². The van der Waals surface area contributed by atoms with Crippen molar-refractivity contribution < 1.29 is 4.74 Å². The van der Waals surface area contributed by atoms with Gasteiger partial charge in [-0.25, -0.2) is 9.97 Å². The second-order valence-electron chi connectivity index (χ2n) is 7.17. The van der Waals surface area contributed by atoms with Crippen LogP contribution >= 0.6 is 11.6 Å². The van der Waals surface area contributed by atoms with Gasteiger partial charge in [-0.1, -0.05) is 37.6 Å². The summed E-state index contributed by atoms with van der Waals surface area (Å²) in [5, 5.41) is 0.709. The number of allylic oxidation sites excluding steroid dienone is 5. The normalized spacial score (nSPS) is 12.7. The molecule has 0 bridgehead atoms. The molecule has 6 nitrogen and oxygen atoms in total. The Bertz CT molecular complexity index is 1090. The van der Waals surface area contributed by atoms with Crippen molar-refractivity contribution in [3.05, 3.63) is 83.0 Å². The fraction of sp³-hybridized carbons (Fsp3) is 0.292. The van der Waals surface area contributed by atoms with Crippen LogP contribution in [0.2, 0.25) is 0 Å². The van der Waals surface area contributed by atoms with Gasteiger partial charge in [0.05, 0.1) is 12.8 Å². The Labute approximate surface area is 189 Å². The third kappa shape index (κ3) is 6.18. The zero-order chi connectivity index (χ0) is 23.0. The molecule has 0 fully saturated rings. The summed E-state index contributed by atoms with van der Waals surface area (Å²) in [4.78, 5) is 12.7. The second-order valence-corrected chi connectivity index (χ2v) is 7.77. The molecule has 0 spiro atoms. The number of nitrogens with zero attached hydrogens (tertiary/aromatic N) is 4. The summed E-state index contributed by atoms with van der Waals surface area (Å²) in [5.74, 6) is 2.73. The summed E-state index contributed by atoms with van der Waals surface area (Å²) < 4.78 is 7.39. The molecular weight excluding hydrogens is 410 g/mol. The van der Waals surface area contributed by atoms with Crippen molar-refractivity contribution >= 4 is 28.5 Å². The molecule has 0 amide bonds. The van der Waals surface area contributed by atoms with Crippen LogP contribution in [0.1, 0.15) is 50.7 Å². The number of aromatic nitrogens is 4. The van der Waals surface area contributed by atoms with E-state index in [0.717, 1.165) is 33.9 Å². The molecule has 0 atom stereocenters. The monoisotopic (exact) mass is 439 g/mol. The standard InChI is InChI=1S/C14H16ClNO.C10H14N4/c1-4-13(12-6-5-9-16-10-12)14(17-3)8-7-11(2)15;1-6(2)10-13-7(3)8-9(11)12-4-5-14(8)10/h4-10H,1-3H3;4-6H,1-3H3,(H2,11,12)/b11-7+,13-4+,14-8+;. The van der Waals surface area contributed by atoms with E-state index in [1.165, 1.54) is 0 Å². The van der Waals surface area contributed by atoms with Gasteiger partial charge < -0.3 is 10.5 Å². The lowest BCUT2D eigenvalue weighted by Gasteiger charge is -2.10. The van der Waals surface area contributed by atoms with E-state index in [-0.39, 0.29) is 0 Å². The zero-order valence-electron chi connectivity index (χ0n) is 18.9. The lowest BCUT2D eigenvalue weighted by atomic mass is 10.1. The minimum Gasteiger partial charge on any atom is -0.496 e. The Balaban J connectivity index is 0.000000224. The Morgan fingerprint density at radius 1 is 1.26 bits per heavy atom. The molecule has 3 rings (SSSR count). The lowest BCUT2D eigenvalue weighted by Crippen LogP contribution is -1.99. The predicted molar refractivity (Wildman–Crippen MR) is 129 cm³/mol. The number of hydrogen-bond acceptors (Lipinski definition) is 5. The Hall–Kier alpha value is -3.12. The van der Waals surface area contributed by atoms with E-state index < -0.39 is 0 Å². The van der Waals surface area contributed by atoms with Gasteiger partial charge in [-0.3, -0.25) is 9.38 Å². The molecular formula is C24H30ClN5O. The first kappa shape index (κ1) is 24.2. The summed E-state index contributed by atoms with van der Waals surface area (Å²) in [7, 11) is 1.64. The number of fused-ring (bicyclic) bond motifs is 1. The molecule has 3 aromatic rings. The molecule has 3 heterocycles. The number of methoxy groups -OCH3 is 1. The molecule has 7 heteroatoms. The molecule has 2 N–H and O–H groups in total. The van der Waals surface area contributed by atoms with Crippen molar-refractivity contribution in [3.8, 4) is 0 Å². The lowest BCUT2D eigenvalue weighted by molar-refractivity contribution is 0.311. The smallest absolute Gasteiger partial charge is 0.149 e. The number of nitrogens with two attached hydrogens (primary N) is 1. The first-order chi connectivity index (χ1) is 14.8. The van der Waals surface area contributed by atoms with E-state index >= 15 is 0 Å². The molecule has 164 valence electrons. The molecule has 0 radical (unpaired) electrons. The molecule has 0 aliphatic carbocycles. The van der Waals surface area contributed by atoms with Gasteiger partial charge in [-0.05, 0) is 39.0 Å². The quantitative estimate of drug-likeness (QED) is 0.395. The van der Waals surface area contributed by atoms with Crippen LogP contribution in [0.5, 0.6) is 0 Å². The number of ether oxygens (including phenoxy) is 1. The highest BCUT2D eigenvalue weighted by atomic mass is 35.5. The summed E-state index contributed by atoms with van der Waals surface area (Å²) in [6, 6.07) is 3.89. The van der Waals surface area contributed by atoms with Crippen molar-refractivity contribution in [2.75, 3.05) is 12.8 Å². The van der Waals surface area contributed by atoms with E-state index in [0.29, 0.717) is 16.8 Å². The number of hydrogen-bond donors (Lipinski definition) is 1. The van der Waals surface area contributed by atoms with Crippen molar-refractivity contribution in [1.29, 1.82) is 0 Å². The van der Waals surface area contributed by atoms with Crippen LogP contribution in [-0.2, 0) is 4.74 Å². The van der Waals surface area contributed by atoms with Gasteiger partial charge in [0, 0.05) is 46.9 Å². The summed E-state index contributed by atoms with van der Waals surface area (Å²) >= 11 is 5.80. The number of halogens is 1. The molecule has 0 saturated carbocycles. The molecule has 3 aromatic heterocycles. The largest absolute Gasteiger partial charge is 0.496 e. The first-order valence-corrected chi connectivity index (χ1v) is 10.4. The SMILES string of the molecule is C/C=C(/C(=C\C=C(/C)Cl)OC)c1cccnc1.Cc1nc(C(C)C)n2ccnc(N)c12. The van der Waals surface area contributed by atoms with Crippen LogP contribution < -0.4 is 5.73 Å². The first-order valence-electron chi connectivity index (χ1n) is 10.0. The van der Waals surface area contributed by atoms with Crippen molar-refractivity contribution in [2.24, 2.45) is 0 Å². The van der Waals surface area contributed by atoms with Gasteiger partial charge >= 0.3 is 0 Å². The topological polar surface area (TPSA) is 78.3 Å². The van der Waals surface area contributed by atoms with Crippen LogP contribution in [0.3, 0.4) is 0 Å². The highest BCUT2D eigenvalue weighted by Crippen LogP contribution is 2.23. The maximum atomic E-state index is 5.80. The second kappa shape index (κ2) is 11.3. The number of rotatable bonds is 5. The third-order valence-electron chi connectivity index (χ3n) is 4.51. The van der Waals surface area contributed by atoms with Gasteiger partial charge in [0.25, 0.3) is 0 Å². The van der Waals surface area contributed by atoms with Crippen molar-refractivity contribution in [1.82, 2.24) is 19.4 Å². The molecule has 0 aliphatic heterocycles. The summed E-state index contributed by atoms with van der Waals surface area (Å²) in [5.41, 5.74) is 9.68. The van der Waals surface area contributed by atoms with Crippen molar-refractivity contribution in [2.45, 2.75) is 40.5 Å². The number of imidazole rings is 1. The third-order valence-corrected chi connectivity index (χ3v) is 4.64. The zero-order valence-corrected chi connectivity index (χ0v) is 19.7. The van der Waals surface area contributed by atoms with Crippen LogP contribution in [0, 0.1) is 6.92 Å². The average Bonchev–Trinajstić information content (AvgIpc) is 3.10. The summed E-state index contributed by atoms with van der Waals surface area (Å²) in [6.45, 7) is 9.98. The van der Waals surface area contributed by atoms with Gasteiger partial charge in [0.1, 0.15) is 22.9 Å². The highest BCUT2D eigenvalue weighted by Gasteiger charge is 2.12. The fourth-order valence-electron chi connectivity index (χ4n) is 3.11. The number of pyridine rings is 1. The van der Waals surface area contributed by atoms with E-state index in [1.54, 1.807) is 31.8 Å². The fourth-order valence-corrected chi connectivity index (χ4v) is 3.17. The number of nitrogen functional groups attached to an aromatic ring is 1. The van der Waals surface area contributed by atoms with Crippen molar-refractivity contribution in [3.63, 3.8) is 0 Å². The highest BCUT2D eigenvalue weighted by molar-refractivity contribution is 6.29. The van der Waals surface area contributed by atoms with E-state index in [4.69, 9.17) is 22.1 Å². The molecule has 0 aromatic carbocycles. The Morgan fingerprint density at radius 2 is 2.00 bits per heavy atom. The molecule has 0 saturated heterocycles. The maximum Gasteiger partial charge on any atom is 0.149 e. The Morgan fingerprint density at radius 3 is 2.55 bits per heavy atom. The Kier molecular flexibility index (Phi) is 8.82. The van der Waals surface area contributed by atoms with Crippen LogP contribution in [-0.4, -0.2) is 26.5 Å². The van der Waals surface area contributed by atoms with Gasteiger partial charge in [-0.2, -0.15) is 0 Å². The van der Waals surface area contributed by atoms with Gasteiger partial charge in [-0.15, -0.1) is 0 Å². The van der Waals surface area contributed by atoms with E-state index in [2.05, 4.69) is 28.8 Å². The average molecular weight is 440 g/mol. The van der Waals surface area contributed by atoms with Crippen LogP contribution in [0.4, 0.5) is 5.82 Å². The van der Waals surface area contributed by atoms with Crippen LogP contribution in [0.25, 0.3) is 11.1 Å². The molecule has 0 aliphatic rings. The van der Waals surface area contributed by atoms with E-state index in [9.17, 15) is 0 Å². The maximum absolute atomic E-state index is 5.80. The number of anilines is 1. The van der Waals surface area contributed by atoms with E-state index in [1.807, 2.05) is 55.7 Å². The molecule has 31 heavy (non-hydrogen) atoms. The minimum absolute atomic E-state index is 0.387. The summed E-state index contributed by atoms with van der Waals surface area (Å²) in [6.07, 6.45) is 12.8. The molecule has 0 unspecified atom stereocenters. The minimum atomic E-state index is 0.387. The van der Waals surface area contributed by atoms with Crippen LogP contribution in [0.15, 0.2) is 65.9 Å². The predicted octanol–water partition coefficient (Wildman–Crippen LogP) is 5.90. The van der Waals surface area contributed by atoms with Gasteiger partial charge in [0.15, 0.2) is 0 Å².